The van der Waals surface area contributed by atoms with Crippen molar-refractivity contribution in [2.75, 3.05) is 18.0 Å². The van der Waals surface area contributed by atoms with Gasteiger partial charge in [-0.05, 0) is 50.5 Å². The van der Waals surface area contributed by atoms with Gasteiger partial charge in [0.1, 0.15) is 0 Å². The van der Waals surface area contributed by atoms with Crippen molar-refractivity contribution in [2.24, 2.45) is 0 Å². The van der Waals surface area contributed by atoms with E-state index in [-0.39, 0.29) is 17.5 Å². The van der Waals surface area contributed by atoms with Crippen LogP contribution in [0.5, 0.6) is 0 Å². The number of rotatable bonds is 7. The van der Waals surface area contributed by atoms with Crippen molar-refractivity contribution in [3.63, 3.8) is 0 Å². The number of hydrogen-bond acceptors (Lipinski definition) is 4. The maximum absolute atomic E-state index is 13.4. The molecule has 0 aliphatic heterocycles. The number of fused-ring (bicyclic) bond motifs is 1. The van der Waals surface area contributed by atoms with Gasteiger partial charge in [0.15, 0.2) is 0 Å². The first-order valence-electron chi connectivity index (χ1n) is 11.2. The van der Waals surface area contributed by atoms with E-state index in [1.54, 1.807) is 22.8 Å². The van der Waals surface area contributed by atoms with Crippen molar-refractivity contribution < 1.29 is 4.79 Å². The van der Waals surface area contributed by atoms with Gasteiger partial charge >= 0.3 is 0 Å². The fourth-order valence-electron chi connectivity index (χ4n) is 4.35. The van der Waals surface area contributed by atoms with Crippen LogP contribution in [0.4, 0.5) is 5.95 Å². The van der Waals surface area contributed by atoms with E-state index < -0.39 is 0 Å². The Bertz CT molecular complexity index is 1110. The minimum atomic E-state index is -0.0894. The van der Waals surface area contributed by atoms with Crippen molar-refractivity contribution in [2.45, 2.75) is 52.1 Å². The number of anilines is 1. The highest BCUT2D eigenvalue weighted by Gasteiger charge is 2.20. The molecule has 0 unspecified atom stereocenters. The molecule has 31 heavy (non-hydrogen) atoms. The van der Waals surface area contributed by atoms with Crippen molar-refractivity contribution in [3.8, 4) is 0 Å². The van der Waals surface area contributed by atoms with E-state index in [4.69, 9.17) is 4.98 Å². The maximum Gasteiger partial charge on any atom is 0.263 e. The predicted molar refractivity (Wildman–Crippen MR) is 125 cm³/mol. The van der Waals surface area contributed by atoms with Crippen LogP contribution in [0.3, 0.4) is 0 Å². The molecule has 0 radical (unpaired) electrons. The summed E-state index contributed by atoms with van der Waals surface area (Å²) >= 11 is 0. The number of nitrogens with one attached hydrogen (secondary N) is 1. The minimum Gasteiger partial charge on any atom is -0.349 e. The topological polar surface area (TPSA) is 67.2 Å². The molecule has 0 atom stereocenters. The van der Waals surface area contributed by atoms with E-state index in [1.165, 1.54) is 12.8 Å². The van der Waals surface area contributed by atoms with Gasteiger partial charge < -0.3 is 10.2 Å². The largest absolute Gasteiger partial charge is 0.349 e. The van der Waals surface area contributed by atoms with Crippen LogP contribution in [0.25, 0.3) is 10.9 Å². The number of aromatic nitrogens is 2. The summed E-state index contributed by atoms with van der Waals surface area (Å²) in [4.78, 5) is 33.1. The van der Waals surface area contributed by atoms with Crippen molar-refractivity contribution >= 4 is 22.8 Å². The number of hydrogen-bond donors (Lipinski definition) is 1. The second-order valence-corrected chi connectivity index (χ2v) is 8.15. The van der Waals surface area contributed by atoms with Crippen LogP contribution in [0.15, 0.2) is 53.3 Å². The van der Waals surface area contributed by atoms with Gasteiger partial charge in [0.2, 0.25) is 5.95 Å². The zero-order valence-corrected chi connectivity index (χ0v) is 18.3. The van der Waals surface area contributed by atoms with Gasteiger partial charge in [0.25, 0.3) is 11.5 Å². The van der Waals surface area contributed by atoms with Crippen LogP contribution < -0.4 is 15.8 Å². The summed E-state index contributed by atoms with van der Waals surface area (Å²) < 4.78 is 1.74. The van der Waals surface area contributed by atoms with Gasteiger partial charge in [-0.25, -0.2) is 4.98 Å². The van der Waals surface area contributed by atoms with Crippen LogP contribution in [-0.2, 0) is 6.54 Å². The zero-order chi connectivity index (χ0) is 21.8. The third-order valence-electron chi connectivity index (χ3n) is 6.12. The molecule has 0 bridgehead atoms. The minimum absolute atomic E-state index is 0.0847. The van der Waals surface area contributed by atoms with Crippen molar-refractivity contribution in [1.82, 2.24) is 14.9 Å². The monoisotopic (exact) mass is 418 g/mol. The van der Waals surface area contributed by atoms with Gasteiger partial charge in [-0.2, -0.15) is 0 Å². The maximum atomic E-state index is 13.4. The van der Waals surface area contributed by atoms with Gasteiger partial charge in [-0.1, -0.05) is 43.2 Å². The molecule has 0 saturated heterocycles. The normalized spacial score (nSPS) is 14.1. The van der Waals surface area contributed by atoms with E-state index in [1.807, 2.05) is 30.3 Å². The van der Waals surface area contributed by atoms with Crippen LogP contribution in [0, 0.1) is 0 Å². The lowest BCUT2D eigenvalue weighted by Gasteiger charge is -2.24. The van der Waals surface area contributed by atoms with E-state index in [0.29, 0.717) is 29.0 Å². The number of benzene rings is 2. The second-order valence-electron chi connectivity index (χ2n) is 8.15. The number of nitrogens with zero attached hydrogens (tertiary/aromatic N) is 3. The molecular weight excluding hydrogens is 388 g/mol. The van der Waals surface area contributed by atoms with Crippen LogP contribution >= 0.6 is 0 Å². The first-order chi connectivity index (χ1) is 15.1. The molecule has 6 nitrogen and oxygen atoms in total. The second kappa shape index (κ2) is 9.33. The highest BCUT2D eigenvalue weighted by atomic mass is 16.1. The van der Waals surface area contributed by atoms with E-state index >= 15 is 0 Å². The molecule has 4 rings (SSSR count). The van der Waals surface area contributed by atoms with Crippen molar-refractivity contribution in [3.05, 3.63) is 70.0 Å². The SMILES string of the molecule is CCN(CC)c1nc2cc(C(=O)NC3CCCC3)ccc2c(=O)n1Cc1ccccc1. The van der Waals surface area contributed by atoms with E-state index in [9.17, 15) is 9.59 Å². The quantitative estimate of drug-likeness (QED) is 0.631. The van der Waals surface area contributed by atoms with Crippen LogP contribution in [0.2, 0.25) is 0 Å². The summed E-state index contributed by atoms with van der Waals surface area (Å²) in [6, 6.07) is 15.4. The summed E-state index contributed by atoms with van der Waals surface area (Å²) in [5.41, 5.74) is 2.08. The molecule has 2 aromatic carbocycles. The highest BCUT2D eigenvalue weighted by molar-refractivity contribution is 5.98. The average Bonchev–Trinajstić information content (AvgIpc) is 3.30. The molecule has 1 aliphatic carbocycles. The van der Waals surface area contributed by atoms with E-state index in [0.717, 1.165) is 31.5 Å². The smallest absolute Gasteiger partial charge is 0.263 e. The summed E-state index contributed by atoms with van der Waals surface area (Å²) in [6.07, 6.45) is 4.40. The summed E-state index contributed by atoms with van der Waals surface area (Å²) in [5, 5.41) is 3.65. The van der Waals surface area contributed by atoms with Gasteiger partial charge in [0.05, 0.1) is 17.4 Å². The Balaban J connectivity index is 1.76. The van der Waals surface area contributed by atoms with Crippen molar-refractivity contribution in [1.29, 1.82) is 0 Å². The molecule has 6 heteroatoms. The molecule has 162 valence electrons. The molecular formula is C25H30N4O2. The highest BCUT2D eigenvalue weighted by Crippen LogP contribution is 2.20. The average molecular weight is 419 g/mol. The lowest BCUT2D eigenvalue weighted by Crippen LogP contribution is -2.34. The Morgan fingerprint density at radius 3 is 2.48 bits per heavy atom. The standard InChI is InChI=1S/C25H30N4O2/c1-3-28(4-2)25-27-22-16-19(23(30)26-20-12-8-9-13-20)14-15-21(22)24(31)29(25)17-18-10-6-5-7-11-18/h5-7,10-11,14-16,20H,3-4,8-9,12-13,17H2,1-2H3,(H,26,30). The Labute approximate surface area is 182 Å². The molecule has 1 aliphatic rings. The molecule has 1 N–H and O–H groups in total. The Morgan fingerprint density at radius 2 is 1.81 bits per heavy atom. The molecule has 1 amide bonds. The Hall–Kier alpha value is -3.15. The lowest BCUT2D eigenvalue weighted by atomic mass is 10.1. The fourth-order valence-corrected chi connectivity index (χ4v) is 4.35. The number of carbonyl (C=O) groups excluding carboxylic acids is 1. The summed E-state index contributed by atoms with van der Waals surface area (Å²) in [7, 11) is 0. The van der Waals surface area contributed by atoms with Gasteiger partial charge in [-0.3, -0.25) is 14.2 Å². The third kappa shape index (κ3) is 4.48. The van der Waals surface area contributed by atoms with Gasteiger partial charge in [0, 0.05) is 24.7 Å². The molecule has 0 spiro atoms. The molecule has 1 heterocycles. The predicted octanol–water partition coefficient (Wildman–Crippen LogP) is 3.96. The first-order valence-corrected chi connectivity index (χ1v) is 11.2. The van der Waals surface area contributed by atoms with Gasteiger partial charge in [-0.15, -0.1) is 0 Å². The van der Waals surface area contributed by atoms with Crippen LogP contribution in [0.1, 0.15) is 55.5 Å². The van der Waals surface area contributed by atoms with Crippen LogP contribution in [-0.4, -0.2) is 34.6 Å². The molecule has 3 aromatic rings. The third-order valence-corrected chi connectivity index (χ3v) is 6.12. The van der Waals surface area contributed by atoms with E-state index in [2.05, 4.69) is 24.1 Å². The lowest BCUT2D eigenvalue weighted by molar-refractivity contribution is 0.0938. The first kappa shape index (κ1) is 21.1. The number of carbonyl (C=O) groups is 1. The summed E-state index contributed by atoms with van der Waals surface area (Å²) in [6.45, 7) is 6.05. The molecule has 1 fully saturated rings. The summed E-state index contributed by atoms with van der Waals surface area (Å²) in [5.74, 6) is 0.549. The molecule has 1 aromatic heterocycles. The number of amides is 1. The molecule has 1 saturated carbocycles. The Morgan fingerprint density at radius 1 is 1.10 bits per heavy atom. The zero-order valence-electron chi connectivity index (χ0n) is 18.3. The Kier molecular flexibility index (Phi) is 6.35. The fraction of sp³-hybridized carbons (Fsp3) is 0.400.